The maximum Gasteiger partial charge on any atom is 0.318 e. The number of carboxylic acid groups (broad SMARTS) is 1. The molecule has 1 aliphatic rings. The number of hydrogen-bond donors (Lipinski definition) is 1. The molecule has 0 heterocycles. The van der Waals surface area contributed by atoms with Crippen molar-refractivity contribution in [2.45, 2.75) is 0 Å². The Morgan fingerprint density at radius 2 is 1.86 bits per heavy atom. The van der Waals surface area contributed by atoms with Crippen molar-refractivity contribution in [1.82, 2.24) is 0 Å². The van der Waals surface area contributed by atoms with E-state index in [1.807, 2.05) is 0 Å². The van der Waals surface area contributed by atoms with Crippen LogP contribution in [0.25, 0.3) is 5.57 Å². The summed E-state index contributed by atoms with van der Waals surface area (Å²) in [5, 5.41) is 8.84. The van der Waals surface area contributed by atoms with E-state index in [2.05, 4.69) is 6.58 Å². The minimum Gasteiger partial charge on any atom is -0.480 e. The molecule has 0 saturated heterocycles. The number of benzene rings is 1. The molecule has 1 aliphatic carbocycles. The Balaban J connectivity index is 2.59. The van der Waals surface area contributed by atoms with Gasteiger partial charge < -0.3 is 5.11 Å². The first kappa shape index (κ1) is 8.69. The van der Waals surface area contributed by atoms with Crippen LogP contribution in [-0.4, -0.2) is 16.9 Å². The number of ketones is 1. The summed E-state index contributed by atoms with van der Waals surface area (Å²) in [6, 6.07) is 6.83. The highest BCUT2D eigenvalue weighted by Crippen LogP contribution is 2.35. The van der Waals surface area contributed by atoms with Crippen LogP contribution in [0, 0.1) is 5.92 Å². The molecule has 0 amide bonds. The van der Waals surface area contributed by atoms with Crippen LogP contribution in [-0.2, 0) is 4.79 Å². The molecule has 70 valence electrons. The number of fused-ring (bicyclic) bond motifs is 1. The van der Waals surface area contributed by atoms with E-state index in [0.717, 1.165) is 0 Å². The van der Waals surface area contributed by atoms with Gasteiger partial charge in [-0.15, -0.1) is 0 Å². The fraction of sp³-hybridized carbons (Fsp3) is 0.0909. The van der Waals surface area contributed by atoms with Gasteiger partial charge in [0.05, 0.1) is 0 Å². The topological polar surface area (TPSA) is 54.4 Å². The zero-order chi connectivity index (χ0) is 10.3. The minimum absolute atomic E-state index is 0.363. The van der Waals surface area contributed by atoms with E-state index in [4.69, 9.17) is 5.11 Å². The molecule has 14 heavy (non-hydrogen) atoms. The second kappa shape index (κ2) is 2.80. The van der Waals surface area contributed by atoms with Crippen molar-refractivity contribution in [2.24, 2.45) is 5.92 Å². The second-order valence-corrected chi connectivity index (χ2v) is 3.21. The third kappa shape index (κ3) is 0.988. The SMILES string of the molecule is C=C1c2ccccc2C(=O)C1C(=O)O. The van der Waals surface area contributed by atoms with E-state index in [9.17, 15) is 9.59 Å². The number of Topliss-reactive ketones (excluding diaryl/α,β-unsaturated/α-hetero) is 1. The molecular weight excluding hydrogens is 180 g/mol. The molecular formula is C11H8O3. The highest BCUT2D eigenvalue weighted by molar-refractivity contribution is 6.22. The van der Waals surface area contributed by atoms with E-state index >= 15 is 0 Å². The van der Waals surface area contributed by atoms with Gasteiger partial charge in [-0.3, -0.25) is 9.59 Å². The van der Waals surface area contributed by atoms with Crippen LogP contribution in [0.15, 0.2) is 30.8 Å². The average molecular weight is 188 g/mol. The Morgan fingerprint density at radius 1 is 1.29 bits per heavy atom. The Hall–Kier alpha value is -1.90. The van der Waals surface area contributed by atoms with Crippen LogP contribution < -0.4 is 0 Å². The molecule has 0 radical (unpaired) electrons. The zero-order valence-corrected chi connectivity index (χ0v) is 7.36. The Morgan fingerprint density at radius 3 is 2.36 bits per heavy atom. The fourth-order valence-electron chi connectivity index (χ4n) is 1.71. The quantitative estimate of drug-likeness (QED) is 0.681. The molecule has 1 aromatic carbocycles. The van der Waals surface area contributed by atoms with Gasteiger partial charge in [-0.05, 0) is 11.1 Å². The molecule has 3 nitrogen and oxygen atoms in total. The molecule has 1 unspecified atom stereocenters. The molecule has 0 aliphatic heterocycles. The molecule has 1 aromatic rings. The largest absolute Gasteiger partial charge is 0.480 e. The van der Waals surface area contributed by atoms with E-state index in [0.29, 0.717) is 16.7 Å². The Bertz CT molecular complexity index is 411. The van der Waals surface area contributed by atoms with Crippen molar-refractivity contribution in [2.75, 3.05) is 0 Å². The van der Waals surface area contributed by atoms with Gasteiger partial charge in [0.1, 0.15) is 5.92 Å². The normalized spacial score (nSPS) is 19.6. The first-order chi connectivity index (χ1) is 6.63. The molecule has 0 aromatic heterocycles. The lowest BCUT2D eigenvalue weighted by Crippen LogP contribution is -2.18. The lowest BCUT2D eigenvalue weighted by molar-refractivity contribution is -0.138. The lowest BCUT2D eigenvalue weighted by Gasteiger charge is -2.01. The van der Waals surface area contributed by atoms with Gasteiger partial charge >= 0.3 is 5.97 Å². The molecule has 1 N–H and O–H groups in total. The number of rotatable bonds is 1. The predicted octanol–water partition coefficient (Wildman–Crippen LogP) is 1.60. The summed E-state index contributed by atoms with van der Waals surface area (Å²) in [6.07, 6.45) is 0. The number of carbonyl (C=O) groups is 2. The highest BCUT2D eigenvalue weighted by Gasteiger charge is 2.38. The summed E-state index contributed by atoms with van der Waals surface area (Å²) in [6.45, 7) is 3.65. The zero-order valence-electron chi connectivity index (χ0n) is 7.36. The van der Waals surface area contributed by atoms with Crippen LogP contribution in [0.2, 0.25) is 0 Å². The number of hydrogen-bond acceptors (Lipinski definition) is 2. The Kier molecular flexibility index (Phi) is 1.74. The molecule has 2 rings (SSSR count). The van der Waals surface area contributed by atoms with E-state index in [1.165, 1.54) is 0 Å². The van der Waals surface area contributed by atoms with Gasteiger partial charge in [-0.25, -0.2) is 0 Å². The summed E-state index contributed by atoms with van der Waals surface area (Å²) in [5.41, 5.74) is 1.51. The maximum absolute atomic E-state index is 11.6. The second-order valence-electron chi connectivity index (χ2n) is 3.21. The molecule has 0 fully saturated rings. The minimum atomic E-state index is -1.13. The van der Waals surface area contributed by atoms with Crippen molar-refractivity contribution in [3.8, 4) is 0 Å². The maximum atomic E-state index is 11.6. The van der Waals surface area contributed by atoms with Crippen LogP contribution in [0.4, 0.5) is 0 Å². The molecule has 0 saturated carbocycles. The summed E-state index contributed by atoms with van der Waals surface area (Å²) in [5.74, 6) is -2.58. The van der Waals surface area contributed by atoms with Gasteiger partial charge in [0, 0.05) is 5.56 Å². The fourth-order valence-corrected chi connectivity index (χ4v) is 1.71. The summed E-state index contributed by atoms with van der Waals surface area (Å²) in [7, 11) is 0. The molecule has 0 spiro atoms. The number of carbonyl (C=O) groups excluding carboxylic acids is 1. The summed E-state index contributed by atoms with van der Waals surface area (Å²) in [4.78, 5) is 22.4. The number of carboxylic acids is 1. The van der Waals surface area contributed by atoms with E-state index < -0.39 is 11.9 Å². The summed E-state index contributed by atoms with van der Waals surface area (Å²) < 4.78 is 0. The third-order valence-corrected chi connectivity index (χ3v) is 2.40. The van der Waals surface area contributed by atoms with Crippen molar-refractivity contribution >= 4 is 17.3 Å². The Labute approximate surface area is 80.7 Å². The number of aliphatic carboxylic acids is 1. The van der Waals surface area contributed by atoms with Crippen molar-refractivity contribution < 1.29 is 14.7 Å². The van der Waals surface area contributed by atoms with Crippen LogP contribution in [0.3, 0.4) is 0 Å². The van der Waals surface area contributed by atoms with Crippen molar-refractivity contribution in [3.05, 3.63) is 42.0 Å². The van der Waals surface area contributed by atoms with Gasteiger partial charge in [0.2, 0.25) is 0 Å². The van der Waals surface area contributed by atoms with E-state index in [1.54, 1.807) is 24.3 Å². The standard InChI is InChI=1S/C11H8O3/c1-6-7-4-2-3-5-8(7)10(12)9(6)11(13)14/h2-5,9H,1H2,(H,13,14). The third-order valence-electron chi connectivity index (χ3n) is 2.40. The van der Waals surface area contributed by atoms with Gasteiger partial charge in [-0.1, -0.05) is 30.8 Å². The molecule has 1 atom stereocenters. The van der Waals surface area contributed by atoms with Gasteiger partial charge in [-0.2, -0.15) is 0 Å². The monoisotopic (exact) mass is 188 g/mol. The average Bonchev–Trinajstić information content (AvgIpc) is 2.41. The highest BCUT2D eigenvalue weighted by atomic mass is 16.4. The van der Waals surface area contributed by atoms with Crippen LogP contribution in [0.1, 0.15) is 15.9 Å². The first-order valence-electron chi connectivity index (χ1n) is 4.18. The lowest BCUT2D eigenvalue weighted by atomic mass is 10.0. The van der Waals surface area contributed by atoms with Crippen molar-refractivity contribution in [3.63, 3.8) is 0 Å². The van der Waals surface area contributed by atoms with Gasteiger partial charge in [0.15, 0.2) is 5.78 Å². The van der Waals surface area contributed by atoms with Crippen LogP contribution in [0.5, 0.6) is 0 Å². The van der Waals surface area contributed by atoms with Crippen molar-refractivity contribution in [1.29, 1.82) is 0 Å². The predicted molar refractivity (Wildman–Crippen MR) is 50.9 cm³/mol. The van der Waals surface area contributed by atoms with E-state index in [-0.39, 0.29) is 5.78 Å². The smallest absolute Gasteiger partial charge is 0.318 e. The molecule has 3 heteroatoms. The summed E-state index contributed by atoms with van der Waals surface area (Å²) >= 11 is 0. The first-order valence-corrected chi connectivity index (χ1v) is 4.18. The molecule has 0 bridgehead atoms. The van der Waals surface area contributed by atoms with Crippen LogP contribution >= 0.6 is 0 Å². The van der Waals surface area contributed by atoms with Gasteiger partial charge in [0.25, 0.3) is 0 Å².